The van der Waals surface area contributed by atoms with Crippen molar-refractivity contribution in [3.63, 3.8) is 0 Å². The Morgan fingerprint density at radius 2 is 1.59 bits per heavy atom. The average molecular weight is 570 g/mol. The normalized spacial score (nSPS) is 19.0. The smallest absolute Gasteiger partial charge is 0.316 e. The third-order valence-corrected chi connectivity index (χ3v) is 7.73. The molecule has 1 heterocycles. The van der Waals surface area contributed by atoms with Crippen LogP contribution in [-0.4, -0.2) is 70.9 Å². The van der Waals surface area contributed by atoms with Gasteiger partial charge in [0, 0.05) is 12.1 Å². The number of Topliss-reactive ketones (excluding diaryl/α,β-unsaturated/α-hetero) is 2. The van der Waals surface area contributed by atoms with E-state index in [-0.39, 0.29) is 11.7 Å². The van der Waals surface area contributed by atoms with E-state index in [1.165, 1.54) is 4.90 Å². The Morgan fingerprint density at radius 1 is 0.951 bits per heavy atom. The molecular weight excluding hydrogens is 526 g/mol. The van der Waals surface area contributed by atoms with Crippen molar-refractivity contribution >= 4 is 35.3 Å². The maximum Gasteiger partial charge on any atom is 0.316 e. The summed E-state index contributed by atoms with van der Waals surface area (Å²) in [5, 5.41) is 8.10. The number of likely N-dealkylation sites (tertiary alicyclic amines) is 1. The van der Waals surface area contributed by atoms with Gasteiger partial charge in [0.25, 0.3) is 5.91 Å². The number of carbonyl (C=O) groups is 6. The first-order valence-electron chi connectivity index (χ1n) is 14.3. The molecule has 5 N–H and O–H groups in total. The number of amides is 5. The summed E-state index contributed by atoms with van der Waals surface area (Å²) in [7, 11) is 0. The quantitative estimate of drug-likeness (QED) is 0.222. The number of urea groups is 1. The van der Waals surface area contributed by atoms with Gasteiger partial charge in [-0.25, -0.2) is 4.79 Å². The summed E-state index contributed by atoms with van der Waals surface area (Å²) in [5.74, 6) is -2.90. The number of carbonyl (C=O) groups excluding carboxylic acids is 6. The molecular formula is C30H43N5O6. The molecule has 1 aromatic carbocycles. The second-order valence-corrected chi connectivity index (χ2v) is 12.3. The largest absolute Gasteiger partial charge is 0.363 e. The van der Waals surface area contributed by atoms with Gasteiger partial charge >= 0.3 is 6.03 Å². The van der Waals surface area contributed by atoms with Crippen LogP contribution in [0.25, 0.3) is 0 Å². The molecule has 0 spiro atoms. The lowest BCUT2D eigenvalue weighted by Gasteiger charge is -2.36. The summed E-state index contributed by atoms with van der Waals surface area (Å²) in [6.07, 6.45) is 3.47. The van der Waals surface area contributed by atoms with Gasteiger partial charge in [0.1, 0.15) is 12.1 Å². The minimum atomic E-state index is -1.11. The molecule has 5 amide bonds. The van der Waals surface area contributed by atoms with Crippen molar-refractivity contribution in [2.24, 2.45) is 17.1 Å². The highest BCUT2D eigenvalue weighted by atomic mass is 16.2. The molecule has 0 aromatic heterocycles. The number of primary amides is 1. The van der Waals surface area contributed by atoms with E-state index in [0.717, 1.165) is 18.4 Å². The Labute approximate surface area is 241 Å². The predicted octanol–water partition coefficient (Wildman–Crippen LogP) is 2.00. The van der Waals surface area contributed by atoms with Crippen molar-refractivity contribution < 1.29 is 28.8 Å². The van der Waals surface area contributed by atoms with E-state index in [1.807, 2.05) is 19.1 Å². The fourth-order valence-electron chi connectivity index (χ4n) is 5.08. The third kappa shape index (κ3) is 8.37. The van der Waals surface area contributed by atoms with E-state index in [1.54, 1.807) is 39.8 Å². The molecule has 41 heavy (non-hydrogen) atoms. The van der Waals surface area contributed by atoms with Crippen molar-refractivity contribution in [2.45, 2.75) is 97.3 Å². The summed E-state index contributed by atoms with van der Waals surface area (Å²) < 4.78 is 0. The van der Waals surface area contributed by atoms with Crippen molar-refractivity contribution in [1.82, 2.24) is 20.9 Å². The molecule has 1 saturated carbocycles. The van der Waals surface area contributed by atoms with Gasteiger partial charge in [-0.3, -0.25) is 24.0 Å². The lowest BCUT2D eigenvalue weighted by Crippen LogP contribution is -2.60. The fourth-order valence-corrected chi connectivity index (χ4v) is 5.08. The highest BCUT2D eigenvalue weighted by molar-refractivity contribution is 6.37. The predicted molar refractivity (Wildman–Crippen MR) is 153 cm³/mol. The van der Waals surface area contributed by atoms with E-state index in [0.29, 0.717) is 37.8 Å². The van der Waals surface area contributed by atoms with Crippen LogP contribution in [0.15, 0.2) is 24.3 Å². The Kier molecular flexibility index (Phi) is 10.3. The lowest BCUT2D eigenvalue weighted by molar-refractivity contribution is -0.143. The topological polar surface area (TPSA) is 168 Å². The maximum absolute atomic E-state index is 13.8. The minimum absolute atomic E-state index is 0.233. The zero-order chi connectivity index (χ0) is 30.5. The van der Waals surface area contributed by atoms with Crippen LogP contribution in [0.5, 0.6) is 0 Å². The van der Waals surface area contributed by atoms with Gasteiger partial charge in [-0.2, -0.15) is 0 Å². The number of nitrogens with one attached hydrogen (secondary N) is 3. The highest BCUT2D eigenvalue weighted by Crippen LogP contribution is 2.34. The summed E-state index contributed by atoms with van der Waals surface area (Å²) in [6, 6.07) is 2.75. The third-order valence-electron chi connectivity index (χ3n) is 7.73. The number of ketones is 2. The number of nitrogens with two attached hydrogens (primary N) is 1. The van der Waals surface area contributed by atoms with E-state index >= 15 is 0 Å². The van der Waals surface area contributed by atoms with E-state index < -0.39 is 59.1 Å². The zero-order valence-corrected chi connectivity index (χ0v) is 24.6. The van der Waals surface area contributed by atoms with Crippen LogP contribution in [-0.2, 0) is 19.2 Å². The molecule has 3 unspecified atom stereocenters. The summed E-state index contributed by atoms with van der Waals surface area (Å²) >= 11 is 0. The molecule has 0 bridgehead atoms. The Morgan fingerprint density at radius 3 is 2.12 bits per heavy atom. The molecule has 1 aromatic rings. The minimum Gasteiger partial charge on any atom is -0.363 e. The molecule has 4 atom stereocenters. The van der Waals surface area contributed by atoms with Gasteiger partial charge in [0.2, 0.25) is 17.6 Å². The average Bonchev–Trinajstić information content (AvgIpc) is 3.59. The molecule has 0 radical (unpaired) electrons. The van der Waals surface area contributed by atoms with Gasteiger partial charge in [-0.1, -0.05) is 70.4 Å². The molecule has 11 heteroatoms. The first kappa shape index (κ1) is 31.8. The maximum atomic E-state index is 13.8. The second-order valence-electron chi connectivity index (χ2n) is 12.3. The van der Waals surface area contributed by atoms with Crippen LogP contribution in [0.1, 0.15) is 82.1 Å². The van der Waals surface area contributed by atoms with Crippen molar-refractivity contribution in [3.8, 4) is 0 Å². The lowest BCUT2D eigenvalue weighted by atomic mass is 9.85. The summed E-state index contributed by atoms with van der Waals surface area (Å²) in [4.78, 5) is 78.5. The molecule has 1 saturated heterocycles. The molecule has 2 aliphatic rings. The van der Waals surface area contributed by atoms with E-state index in [2.05, 4.69) is 16.0 Å². The number of nitrogens with zero attached hydrogens (tertiary/aromatic N) is 1. The molecule has 224 valence electrons. The van der Waals surface area contributed by atoms with Gasteiger partial charge in [0.15, 0.2) is 5.78 Å². The molecule has 1 aliphatic heterocycles. The molecule has 1 aliphatic carbocycles. The molecule has 3 rings (SSSR count). The standard InChI is InChI=1S/C30H43N5O6/c1-6-20(23(36)19-13-9-17(2)10-14-19)33-29(41)34-25(30(3,4)5)28(40)35-15-7-8-22(35)27(39)32-21(16-18-11-12-18)24(37)26(31)38/h9-10,13-14,18,20-22,25H,6-8,11-12,15-16H2,1-5H3,(H2,31,38)(H,32,39)(H2,33,34,41)/t20?,21?,22-,25?/m0/s1. The number of benzene rings is 1. The summed E-state index contributed by atoms with van der Waals surface area (Å²) in [6.45, 7) is 9.40. The fraction of sp³-hybridized carbons (Fsp3) is 0.600. The van der Waals surface area contributed by atoms with Gasteiger partial charge in [-0.15, -0.1) is 0 Å². The van der Waals surface area contributed by atoms with Crippen LogP contribution >= 0.6 is 0 Å². The number of aryl methyl sites for hydroxylation is 1. The first-order valence-corrected chi connectivity index (χ1v) is 14.3. The Hall–Kier alpha value is -3.76. The van der Waals surface area contributed by atoms with Crippen LogP contribution < -0.4 is 21.7 Å². The number of hydrogen-bond donors (Lipinski definition) is 4. The number of hydrogen-bond acceptors (Lipinski definition) is 6. The van der Waals surface area contributed by atoms with Crippen molar-refractivity contribution in [3.05, 3.63) is 35.4 Å². The van der Waals surface area contributed by atoms with Crippen molar-refractivity contribution in [2.75, 3.05) is 6.54 Å². The van der Waals surface area contributed by atoms with Crippen LogP contribution in [0, 0.1) is 18.3 Å². The van der Waals surface area contributed by atoms with E-state index in [9.17, 15) is 28.8 Å². The van der Waals surface area contributed by atoms with Gasteiger partial charge in [-0.05, 0) is 43.9 Å². The van der Waals surface area contributed by atoms with Gasteiger partial charge in [0.05, 0.1) is 12.1 Å². The van der Waals surface area contributed by atoms with Crippen molar-refractivity contribution in [1.29, 1.82) is 0 Å². The second kappa shape index (κ2) is 13.3. The van der Waals surface area contributed by atoms with Crippen LogP contribution in [0.4, 0.5) is 4.79 Å². The monoisotopic (exact) mass is 569 g/mol. The first-order chi connectivity index (χ1) is 19.2. The molecule has 2 fully saturated rings. The van der Waals surface area contributed by atoms with E-state index in [4.69, 9.17) is 5.73 Å². The SMILES string of the molecule is CCC(NC(=O)NC(C(=O)N1CCC[C@H]1C(=O)NC(CC1CC1)C(=O)C(N)=O)C(C)(C)C)C(=O)c1ccc(C)cc1. The van der Waals surface area contributed by atoms with Crippen LogP contribution in [0.2, 0.25) is 0 Å². The Bertz CT molecular complexity index is 1170. The Balaban J connectivity index is 1.70. The van der Waals surface area contributed by atoms with Gasteiger partial charge < -0.3 is 26.6 Å². The van der Waals surface area contributed by atoms with Crippen LogP contribution in [0.3, 0.4) is 0 Å². The zero-order valence-electron chi connectivity index (χ0n) is 24.6. The highest BCUT2D eigenvalue weighted by Gasteiger charge is 2.43. The summed E-state index contributed by atoms with van der Waals surface area (Å²) in [5.41, 5.74) is 5.97. The number of rotatable bonds is 12. The molecule has 11 nitrogen and oxygen atoms in total.